The smallest absolute Gasteiger partial charge is 0.334 e. The zero-order chi connectivity index (χ0) is 17.8. The van der Waals surface area contributed by atoms with Crippen LogP contribution >= 0.6 is 0 Å². The summed E-state index contributed by atoms with van der Waals surface area (Å²) in [5, 5.41) is 16.7. The lowest BCUT2D eigenvalue weighted by Gasteiger charge is -2.10. The van der Waals surface area contributed by atoms with Gasteiger partial charge in [0.05, 0.1) is 10.6 Å². The molecule has 0 aliphatic heterocycles. The summed E-state index contributed by atoms with van der Waals surface area (Å²) >= 11 is 0. The van der Waals surface area contributed by atoms with Gasteiger partial charge in [-0.2, -0.15) is 0 Å². The molecule has 0 fully saturated rings. The molecule has 2 aromatic carbocycles. The van der Waals surface area contributed by atoms with Crippen molar-refractivity contribution < 1.29 is 13.7 Å². The molecule has 0 unspecified atom stereocenters. The van der Waals surface area contributed by atoms with E-state index in [9.17, 15) is 18.9 Å². The van der Waals surface area contributed by atoms with Gasteiger partial charge in [-0.05, 0) is 24.3 Å². The molecule has 0 aliphatic carbocycles. The highest BCUT2D eigenvalue weighted by Gasteiger charge is 2.24. The first-order chi connectivity index (χ1) is 12.0. The van der Waals surface area contributed by atoms with Crippen LogP contribution in [-0.2, 0) is 0 Å². The predicted octanol–water partition coefficient (Wildman–Crippen LogP) is 4.15. The number of nitro groups is 1. The third-order valence-electron chi connectivity index (χ3n) is 3.22. The summed E-state index contributed by atoms with van der Waals surface area (Å²) in [6.45, 7) is 0. The van der Waals surface area contributed by atoms with E-state index in [0.717, 1.165) is 24.5 Å². The molecular weight excluding hydrogens is 332 g/mol. The highest BCUT2D eigenvalue weighted by Crippen LogP contribution is 2.33. The average molecular weight is 343 g/mol. The van der Waals surface area contributed by atoms with E-state index < -0.39 is 22.2 Å². The van der Waals surface area contributed by atoms with Gasteiger partial charge in [0.15, 0.2) is 0 Å². The van der Waals surface area contributed by atoms with Crippen LogP contribution in [0.5, 0.6) is 0 Å². The number of hydrogen-bond acceptors (Lipinski definition) is 6. The zero-order valence-electron chi connectivity index (χ0n) is 12.6. The van der Waals surface area contributed by atoms with Gasteiger partial charge in [-0.15, -0.1) is 0 Å². The number of hydrogen-bond donors (Lipinski definition) is 2. The second-order valence-corrected chi connectivity index (χ2v) is 4.92. The standard InChI is InChI=1S/C16H11F2N5O2/c17-10-6-7-12(18)13(8-10)22-16-14(23(24)25)15(19-9-20-16)21-11-4-2-1-3-5-11/h1-9H,(H2,19,20,21,22). The Bertz CT molecular complexity index is 922. The maximum absolute atomic E-state index is 13.8. The third kappa shape index (κ3) is 3.66. The Morgan fingerprint density at radius 1 is 0.960 bits per heavy atom. The fourth-order valence-electron chi connectivity index (χ4n) is 2.11. The van der Waals surface area contributed by atoms with Crippen molar-refractivity contribution in [2.75, 3.05) is 10.6 Å². The van der Waals surface area contributed by atoms with E-state index in [0.29, 0.717) is 5.69 Å². The minimum absolute atomic E-state index is 0.0782. The van der Waals surface area contributed by atoms with E-state index in [-0.39, 0.29) is 17.3 Å². The van der Waals surface area contributed by atoms with Crippen LogP contribution < -0.4 is 10.6 Å². The van der Waals surface area contributed by atoms with Gasteiger partial charge < -0.3 is 10.6 Å². The second-order valence-electron chi connectivity index (χ2n) is 4.92. The summed E-state index contributed by atoms with van der Waals surface area (Å²) in [7, 11) is 0. The minimum Gasteiger partial charge on any atom is -0.334 e. The third-order valence-corrected chi connectivity index (χ3v) is 3.22. The highest BCUT2D eigenvalue weighted by molar-refractivity contribution is 5.76. The summed E-state index contributed by atoms with van der Waals surface area (Å²) in [6.07, 6.45) is 1.08. The van der Waals surface area contributed by atoms with Gasteiger partial charge in [0, 0.05) is 11.8 Å². The summed E-state index contributed by atoms with van der Waals surface area (Å²) in [5.41, 5.74) is -0.185. The highest BCUT2D eigenvalue weighted by atomic mass is 19.1. The van der Waals surface area contributed by atoms with Crippen LogP contribution in [0.15, 0.2) is 54.9 Å². The molecule has 9 heteroatoms. The van der Waals surface area contributed by atoms with Crippen molar-refractivity contribution in [3.8, 4) is 0 Å². The molecule has 3 aromatic rings. The first-order valence-electron chi connectivity index (χ1n) is 7.08. The van der Waals surface area contributed by atoms with E-state index in [1.54, 1.807) is 30.3 Å². The lowest BCUT2D eigenvalue weighted by molar-refractivity contribution is -0.383. The maximum Gasteiger partial charge on any atom is 0.353 e. The molecule has 3 rings (SSSR count). The van der Waals surface area contributed by atoms with Gasteiger partial charge in [0.2, 0.25) is 11.6 Å². The molecular formula is C16H11F2N5O2. The second kappa shape index (κ2) is 6.87. The summed E-state index contributed by atoms with van der Waals surface area (Å²) in [5.74, 6) is -1.80. The van der Waals surface area contributed by atoms with E-state index in [1.807, 2.05) is 0 Å². The molecule has 0 saturated carbocycles. The molecule has 0 amide bonds. The van der Waals surface area contributed by atoms with Crippen LogP contribution in [0.3, 0.4) is 0 Å². The topological polar surface area (TPSA) is 93.0 Å². The molecule has 1 heterocycles. The summed E-state index contributed by atoms with van der Waals surface area (Å²) in [4.78, 5) is 18.4. The quantitative estimate of drug-likeness (QED) is 0.534. The number of nitrogens with one attached hydrogen (secondary N) is 2. The lowest BCUT2D eigenvalue weighted by Crippen LogP contribution is -2.06. The van der Waals surface area contributed by atoms with Gasteiger partial charge in [-0.3, -0.25) is 10.1 Å². The van der Waals surface area contributed by atoms with Gasteiger partial charge >= 0.3 is 5.69 Å². The van der Waals surface area contributed by atoms with Crippen LogP contribution in [0.1, 0.15) is 0 Å². The van der Waals surface area contributed by atoms with Crippen LogP contribution in [0.25, 0.3) is 0 Å². The Balaban J connectivity index is 2.01. The number of aromatic nitrogens is 2. The SMILES string of the molecule is O=[N+]([O-])c1c(Nc2ccccc2)ncnc1Nc1cc(F)ccc1F. The lowest BCUT2D eigenvalue weighted by atomic mass is 10.3. The van der Waals surface area contributed by atoms with Crippen molar-refractivity contribution >= 4 is 28.7 Å². The van der Waals surface area contributed by atoms with Crippen molar-refractivity contribution in [3.63, 3.8) is 0 Å². The Morgan fingerprint density at radius 2 is 1.64 bits per heavy atom. The van der Waals surface area contributed by atoms with Gasteiger partial charge in [0.25, 0.3) is 0 Å². The Kier molecular flexibility index (Phi) is 4.46. The summed E-state index contributed by atoms with van der Waals surface area (Å²) in [6, 6.07) is 11.4. The molecule has 0 bridgehead atoms. The Labute approximate surface area is 140 Å². The first kappa shape index (κ1) is 16.2. The number of benzene rings is 2. The van der Waals surface area contributed by atoms with Crippen molar-refractivity contribution in [2.24, 2.45) is 0 Å². The minimum atomic E-state index is -0.771. The van der Waals surface area contributed by atoms with Gasteiger partial charge in [-0.1, -0.05) is 18.2 Å². The molecule has 25 heavy (non-hydrogen) atoms. The largest absolute Gasteiger partial charge is 0.353 e. The normalized spacial score (nSPS) is 10.3. The molecule has 0 aliphatic rings. The molecule has 0 saturated heterocycles. The molecule has 1 aromatic heterocycles. The predicted molar refractivity (Wildman–Crippen MR) is 88.1 cm³/mol. The van der Waals surface area contributed by atoms with Gasteiger partial charge in [0.1, 0.15) is 18.0 Å². The van der Waals surface area contributed by atoms with Crippen molar-refractivity contribution in [1.82, 2.24) is 9.97 Å². The van der Waals surface area contributed by atoms with E-state index in [2.05, 4.69) is 20.6 Å². The molecule has 0 spiro atoms. The molecule has 0 atom stereocenters. The maximum atomic E-state index is 13.8. The number of nitrogens with zero attached hydrogens (tertiary/aromatic N) is 3. The molecule has 126 valence electrons. The molecule has 0 radical (unpaired) electrons. The van der Waals surface area contributed by atoms with Crippen molar-refractivity contribution in [3.05, 3.63) is 76.6 Å². The number of anilines is 4. The number of rotatable bonds is 5. The molecule has 7 nitrogen and oxygen atoms in total. The van der Waals surface area contributed by atoms with E-state index in [4.69, 9.17) is 0 Å². The molecule has 2 N–H and O–H groups in total. The fraction of sp³-hybridized carbons (Fsp3) is 0. The van der Waals surface area contributed by atoms with Crippen molar-refractivity contribution in [2.45, 2.75) is 0 Å². The average Bonchev–Trinajstić information content (AvgIpc) is 2.59. The summed E-state index contributed by atoms with van der Waals surface area (Å²) < 4.78 is 27.1. The van der Waals surface area contributed by atoms with Crippen LogP contribution in [0.2, 0.25) is 0 Å². The fourth-order valence-corrected chi connectivity index (χ4v) is 2.11. The van der Waals surface area contributed by atoms with E-state index >= 15 is 0 Å². The van der Waals surface area contributed by atoms with Crippen LogP contribution in [0.4, 0.5) is 37.5 Å². The number of halogens is 2. The van der Waals surface area contributed by atoms with Crippen LogP contribution in [0, 0.1) is 21.7 Å². The van der Waals surface area contributed by atoms with E-state index in [1.165, 1.54) is 0 Å². The number of para-hydroxylation sites is 1. The first-order valence-corrected chi connectivity index (χ1v) is 7.08. The zero-order valence-corrected chi connectivity index (χ0v) is 12.6. The van der Waals surface area contributed by atoms with Crippen molar-refractivity contribution in [1.29, 1.82) is 0 Å². The van der Waals surface area contributed by atoms with Crippen LogP contribution in [-0.4, -0.2) is 14.9 Å². The van der Waals surface area contributed by atoms with Gasteiger partial charge in [-0.25, -0.2) is 18.7 Å². The Morgan fingerprint density at radius 3 is 2.32 bits per heavy atom. The monoisotopic (exact) mass is 343 g/mol. The Hall–Kier alpha value is -3.62.